The van der Waals surface area contributed by atoms with E-state index >= 15 is 0 Å². The molecule has 0 unspecified atom stereocenters. The van der Waals surface area contributed by atoms with Crippen LogP contribution in [0.15, 0.2) is 42.5 Å². The summed E-state index contributed by atoms with van der Waals surface area (Å²) < 4.78 is 8.01. The van der Waals surface area contributed by atoms with E-state index in [2.05, 4.69) is 69.4 Å². The average molecular weight is 466 g/mol. The summed E-state index contributed by atoms with van der Waals surface area (Å²) in [5.74, 6) is 0.853. The van der Waals surface area contributed by atoms with E-state index in [0.29, 0.717) is 6.61 Å². The number of ether oxygens (including phenoxy) is 1. The molecule has 1 N–H and O–H groups in total. The molecule has 0 spiro atoms. The number of halogens is 2. The molecule has 0 amide bonds. The highest BCUT2D eigenvalue weighted by Crippen LogP contribution is 2.23. The lowest BCUT2D eigenvalue weighted by molar-refractivity contribution is 0.280. The Hall–Kier alpha value is -0.340. The predicted octanol–water partition coefficient (Wildman–Crippen LogP) is 3.97. The first-order valence-corrected chi connectivity index (χ1v) is 7.61. The van der Waals surface area contributed by atoms with Gasteiger partial charge in [-0.1, -0.05) is 18.2 Å². The monoisotopic (exact) mass is 466 g/mol. The Bertz CT molecular complexity index is 524. The Morgan fingerprint density at radius 1 is 0.944 bits per heavy atom. The molecule has 0 heterocycles. The maximum Gasteiger partial charge on any atom is 0.133 e. The van der Waals surface area contributed by atoms with Crippen LogP contribution in [0.1, 0.15) is 11.1 Å². The lowest BCUT2D eigenvalue weighted by atomic mass is 10.2. The lowest BCUT2D eigenvalue weighted by Crippen LogP contribution is -1.97. The Balaban J connectivity index is 2.04. The van der Waals surface area contributed by atoms with Gasteiger partial charge in [0, 0.05) is 3.57 Å². The minimum absolute atomic E-state index is 0.0629. The van der Waals surface area contributed by atoms with Crippen LogP contribution in [0.3, 0.4) is 0 Å². The third-order valence-electron chi connectivity index (χ3n) is 2.49. The number of rotatable bonds is 4. The van der Waals surface area contributed by atoms with Crippen LogP contribution in [0, 0.1) is 7.14 Å². The number of aliphatic hydroxyl groups excluding tert-OH is 1. The van der Waals surface area contributed by atoms with Gasteiger partial charge in [-0.15, -0.1) is 0 Å². The van der Waals surface area contributed by atoms with Gasteiger partial charge in [-0.3, -0.25) is 0 Å². The van der Waals surface area contributed by atoms with Gasteiger partial charge >= 0.3 is 0 Å². The van der Waals surface area contributed by atoms with E-state index in [4.69, 9.17) is 9.84 Å². The third kappa shape index (κ3) is 3.83. The smallest absolute Gasteiger partial charge is 0.133 e. The zero-order valence-electron chi connectivity index (χ0n) is 9.57. The number of hydrogen-bond donors (Lipinski definition) is 1. The average Bonchev–Trinajstić information content (AvgIpc) is 2.39. The van der Waals surface area contributed by atoms with E-state index in [-0.39, 0.29) is 6.61 Å². The standard InChI is InChI=1S/C14H12I2O2/c15-12-4-1-10(2-5-12)9-18-14-6-3-11(8-17)7-13(14)16/h1-7,17H,8-9H2. The van der Waals surface area contributed by atoms with Crippen LogP contribution in [0.2, 0.25) is 0 Å². The summed E-state index contributed by atoms with van der Waals surface area (Å²) in [6, 6.07) is 14.0. The Morgan fingerprint density at radius 3 is 2.22 bits per heavy atom. The van der Waals surface area contributed by atoms with Crippen molar-refractivity contribution in [3.8, 4) is 5.75 Å². The molecule has 0 aliphatic rings. The van der Waals surface area contributed by atoms with E-state index in [1.165, 1.54) is 3.57 Å². The van der Waals surface area contributed by atoms with Gasteiger partial charge in [-0.05, 0) is 80.6 Å². The van der Waals surface area contributed by atoms with Crippen molar-refractivity contribution in [2.75, 3.05) is 0 Å². The fourth-order valence-corrected chi connectivity index (χ4v) is 2.60. The largest absolute Gasteiger partial charge is 0.488 e. The van der Waals surface area contributed by atoms with Gasteiger partial charge in [-0.25, -0.2) is 0 Å². The third-order valence-corrected chi connectivity index (χ3v) is 4.05. The molecule has 2 nitrogen and oxygen atoms in total. The predicted molar refractivity (Wildman–Crippen MR) is 88.6 cm³/mol. The maximum absolute atomic E-state index is 9.04. The molecule has 2 aromatic carbocycles. The van der Waals surface area contributed by atoms with Gasteiger partial charge in [0.15, 0.2) is 0 Å². The van der Waals surface area contributed by atoms with Crippen LogP contribution in [-0.4, -0.2) is 5.11 Å². The zero-order chi connectivity index (χ0) is 13.0. The Labute approximate surface area is 134 Å². The second-order valence-electron chi connectivity index (χ2n) is 3.84. The molecule has 0 saturated heterocycles. The quantitative estimate of drug-likeness (QED) is 0.692. The van der Waals surface area contributed by atoms with E-state index in [9.17, 15) is 0 Å². The topological polar surface area (TPSA) is 29.5 Å². The minimum Gasteiger partial charge on any atom is -0.488 e. The van der Waals surface area contributed by atoms with E-state index in [1.54, 1.807) is 0 Å². The van der Waals surface area contributed by atoms with Crippen molar-refractivity contribution < 1.29 is 9.84 Å². The zero-order valence-corrected chi connectivity index (χ0v) is 13.9. The first-order chi connectivity index (χ1) is 8.69. The minimum atomic E-state index is 0.0629. The summed E-state index contributed by atoms with van der Waals surface area (Å²) in [5, 5.41) is 9.04. The molecule has 0 aliphatic carbocycles. The Morgan fingerprint density at radius 2 is 1.61 bits per heavy atom. The summed E-state index contributed by atoms with van der Waals surface area (Å²) in [7, 11) is 0. The molecular formula is C14H12I2O2. The molecule has 94 valence electrons. The first kappa shape index (κ1) is 14.1. The van der Waals surface area contributed by atoms with E-state index in [1.807, 2.05) is 18.2 Å². The maximum atomic E-state index is 9.04. The molecule has 0 fully saturated rings. The SMILES string of the molecule is OCc1ccc(OCc2ccc(I)cc2)c(I)c1. The van der Waals surface area contributed by atoms with Gasteiger partial charge in [0.05, 0.1) is 10.2 Å². The van der Waals surface area contributed by atoms with Gasteiger partial charge in [0.1, 0.15) is 12.4 Å². The highest BCUT2D eigenvalue weighted by molar-refractivity contribution is 14.1. The van der Waals surface area contributed by atoms with Crippen molar-refractivity contribution in [3.05, 3.63) is 60.7 Å². The summed E-state index contributed by atoms with van der Waals surface area (Å²) >= 11 is 4.50. The van der Waals surface area contributed by atoms with Crippen LogP contribution in [0.5, 0.6) is 5.75 Å². The first-order valence-electron chi connectivity index (χ1n) is 5.45. The van der Waals surface area contributed by atoms with E-state index in [0.717, 1.165) is 20.4 Å². The van der Waals surface area contributed by atoms with Crippen LogP contribution in [0.25, 0.3) is 0 Å². The molecule has 0 atom stereocenters. The van der Waals surface area contributed by atoms with Crippen molar-refractivity contribution >= 4 is 45.2 Å². The number of aliphatic hydroxyl groups is 1. The van der Waals surface area contributed by atoms with E-state index < -0.39 is 0 Å². The highest BCUT2D eigenvalue weighted by Gasteiger charge is 2.03. The molecule has 2 aromatic rings. The summed E-state index contributed by atoms with van der Waals surface area (Å²) in [6.45, 7) is 0.624. The summed E-state index contributed by atoms with van der Waals surface area (Å²) in [4.78, 5) is 0. The molecule has 0 aromatic heterocycles. The second-order valence-corrected chi connectivity index (χ2v) is 6.25. The van der Waals surface area contributed by atoms with Crippen LogP contribution in [0.4, 0.5) is 0 Å². The molecule has 0 radical (unpaired) electrons. The van der Waals surface area contributed by atoms with Crippen molar-refractivity contribution in [1.82, 2.24) is 0 Å². The molecule has 0 bridgehead atoms. The summed E-state index contributed by atoms with van der Waals surface area (Å²) in [5.41, 5.74) is 2.05. The fourth-order valence-electron chi connectivity index (χ4n) is 1.50. The van der Waals surface area contributed by atoms with Gasteiger partial charge in [0.2, 0.25) is 0 Å². The van der Waals surface area contributed by atoms with Crippen LogP contribution >= 0.6 is 45.2 Å². The normalized spacial score (nSPS) is 10.4. The van der Waals surface area contributed by atoms with Gasteiger partial charge < -0.3 is 9.84 Å². The highest BCUT2D eigenvalue weighted by atomic mass is 127. The van der Waals surface area contributed by atoms with Crippen molar-refractivity contribution in [1.29, 1.82) is 0 Å². The van der Waals surface area contributed by atoms with Crippen LogP contribution < -0.4 is 4.74 Å². The second kappa shape index (κ2) is 6.72. The van der Waals surface area contributed by atoms with Gasteiger partial charge in [-0.2, -0.15) is 0 Å². The fraction of sp³-hybridized carbons (Fsp3) is 0.143. The molecule has 4 heteroatoms. The molecule has 0 saturated carbocycles. The lowest BCUT2D eigenvalue weighted by Gasteiger charge is -2.09. The summed E-state index contributed by atoms with van der Waals surface area (Å²) in [6.07, 6.45) is 0. The van der Waals surface area contributed by atoms with Crippen molar-refractivity contribution in [3.63, 3.8) is 0 Å². The molecule has 2 rings (SSSR count). The molecule has 18 heavy (non-hydrogen) atoms. The number of hydrogen-bond acceptors (Lipinski definition) is 2. The molecular weight excluding hydrogens is 454 g/mol. The van der Waals surface area contributed by atoms with Crippen molar-refractivity contribution in [2.45, 2.75) is 13.2 Å². The molecule has 0 aliphatic heterocycles. The van der Waals surface area contributed by atoms with Gasteiger partial charge in [0.25, 0.3) is 0 Å². The Kier molecular flexibility index (Phi) is 5.25. The van der Waals surface area contributed by atoms with Crippen LogP contribution in [-0.2, 0) is 13.2 Å². The van der Waals surface area contributed by atoms with Crippen molar-refractivity contribution in [2.24, 2.45) is 0 Å². The number of benzene rings is 2.